The lowest BCUT2D eigenvalue weighted by molar-refractivity contribution is -0.122. The molecule has 7 heteroatoms. The maximum absolute atomic E-state index is 11.8. The van der Waals surface area contributed by atoms with E-state index in [1.165, 1.54) is 0 Å². The molecule has 2 N–H and O–H groups in total. The number of rotatable bonds is 7. The van der Waals surface area contributed by atoms with Crippen molar-refractivity contribution < 1.29 is 19.1 Å². The van der Waals surface area contributed by atoms with Crippen LogP contribution in [0.15, 0.2) is 18.2 Å². The molecule has 27 heavy (non-hydrogen) atoms. The smallest absolute Gasteiger partial charge is 0.407 e. The van der Waals surface area contributed by atoms with Crippen LogP contribution in [-0.4, -0.2) is 30.3 Å². The number of amides is 2. The van der Waals surface area contributed by atoms with Crippen LogP contribution in [0, 0.1) is 0 Å². The summed E-state index contributed by atoms with van der Waals surface area (Å²) in [7, 11) is 0. The van der Waals surface area contributed by atoms with E-state index in [2.05, 4.69) is 10.6 Å². The van der Waals surface area contributed by atoms with E-state index in [9.17, 15) is 9.59 Å². The van der Waals surface area contributed by atoms with Crippen LogP contribution >= 0.6 is 11.6 Å². The minimum absolute atomic E-state index is 0.0578. The molecule has 0 saturated heterocycles. The van der Waals surface area contributed by atoms with Crippen LogP contribution in [0.4, 0.5) is 4.79 Å². The zero-order chi connectivity index (χ0) is 20.8. The number of carbonyl (C=O) groups excluding carboxylic acids is 2. The fourth-order valence-electron chi connectivity index (χ4n) is 2.35. The van der Waals surface area contributed by atoms with Gasteiger partial charge in [0.15, 0.2) is 0 Å². The van der Waals surface area contributed by atoms with Gasteiger partial charge in [0.25, 0.3) is 0 Å². The lowest BCUT2D eigenvalue weighted by Crippen LogP contribution is -2.41. The van der Waals surface area contributed by atoms with Crippen molar-refractivity contribution in [2.24, 2.45) is 0 Å². The molecular formula is C20H31ClN2O4. The van der Waals surface area contributed by atoms with E-state index >= 15 is 0 Å². The summed E-state index contributed by atoms with van der Waals surface area (Å²) in [4.78, 5) is 23.6. The van der Waals surface area contributed by atoms with Crippen molar-refractivity contribution in [2.45, 2.75) is 72.1 Å². The molecule has 6 nitrogen and oxygen atoms in total. The summed E-state index contributed by atoms with van der Waals surface area (Å²) in [6.07, 6.45) is -0.0933. The first-order valence-corrected chi connectivity index (χ1v) is 9.45. The first-order valence-electron chi connectivity index (χ1n) is 9.07. The van der Waals surface area contributed by atoms with Crippen LogP contribution in [-0.2, 0) is 15.1 Å². The molecule has 2 amide bonds. The number of nitrogens with one attached hydrogen (secondary N) is 2. The fourth-order valence-corrected chi connectivity index (χ4v) is 2.70. The van der Waals surface area contributed by atoms with E-state index in [-0.39, 0.29) is 18.6 Å². The van der Waals surface area contributed by atoms with Crippen LogP contribution in [0.3, 0.4) is 0 Å². The van der Waals surface area contributed by atoms with E-state index in [4.69, 9.17) is 21.1 Å². The van der Waals surface area contributed by atoms with Crippen LogP contribution < -0.4 is 15.4 Å². The molecule has 0 aliphatic rings. The normalized spacial score (nSPS) is 12.9. The third-order valence-corrected chi connectivity index (χ3v) is 3.98. The van der Waals surface area contributed by atoms with Gasteiger partial charge in [-0.05, 0) is 65.3 Å². The Hall–Kier alpha value is -1.95. The third-order valence-electron chi connectivity index (χ3n) is 3.65. The molecular weight excluding hydrogens is 368 g/mol. The number of carbonyl (C=O) groups is 2. The standard InChI is InChI=1S/C20H31ClN2O4/c1-8-17(24)23-20(6,7)15-11-14(9-10-16(15)21)26-12-13(2)22-18(25)27-19(3,4)5/h9-11,13H,8,12H2,1-7H3,(H,22,25)(H,23,24)/t13-/m0/s1. The number of halogens is 1. The Labute approximate surface area is 166 Å². The molecule has 0 heterocycles. The average Bonchev–Trinajstić information content (AvgIpc) is 2.51. The van der Waals surface area contributed by atoms with Crippen molar-refractivity contribution in [1.82, 2.24) is 10.6 Å². The zero-order valence-electron chi connectivity index (χ0n) is 17.2. The molecule has 0 unspecified atom stereocenters. The molecule has 0 saturated carbocycles. The Morgan fingerprint density at radius 3 is 2.37 bits per heavy atom. The average molecular weight is 399 g/mol. The number of benzene rings is 1. The predicted molar refractivity (Wildman–Crippen MR) is 107 cm³/mol. The van der Waals surface area contributed by atoms with Crippen LogP contribution in [0.5, 0.6) is 5.75 Å². The third kappa shape index (κ3) is 8.08. The molecule has 152 valence electrons. The quantitative estimate of drug-likeness (QED) is 0.713. The van der Waals surface area contributed by atoms with Crippen molar-refractivity contribution in [2.75, 3.05) is 6.61 Å². The van der Waals surface area contributed by atoms with Crippen molar-refractivity contribution in [1.29, 1.82) is 0 Å². The summed E-state index contributed by atoms with van der Waals surface area (Å²) in [5, 5.41) is 6.22. The van der Waals surface area contributed by atoms with Gasteiger partial charge < -0.3 is 20.1 Å². The van der Waals surface area contributed by atoms with Crippen molar-refractivity contribution >= 4 is 23.6 Å². The molecule has 0 aromatic heterocycles. The molecule has 1 rings (SSSR count). The Morgan fingerprint density at radius 2 is 1.81 bits per heavy atom. The SMILES string of the molecule is CCC(=O)NC(C)(C)c1cc(OC[C@H](C)NC(=O)OC(C)(C)C)ccc1Cl. The van der Waals surface area contributed by atoms with Gasteiger partial charge in [-0.25, -0.2) is 4.79 Å². The van der Waals surface area contributed by atoms with Gasteiger partial charge in [0.1, 0.15) is 18.0 Å². The summed E-state index contributed by atoms with van der Waals surface area (Å²) < 4.78 is 11.0. The molecule has 0 aliphatic carbocycles. The van der Waals surface area contributed by atoms with Gasteiger partial charge >= 0.3 is 6.09 Å². The molecule has 0 bridgehead atoms. The molecule has 0 fully saturated rings. The minimum atomic E-state index is -0.635. The first-order chi connectivity index (χ1) is 12.3. The van der Waals surface area contributed by atoms with Gasteiger partial charge in [-0.2, -0.15) is 0 Å². The summed E-state index contributed by atoms with van der Waals surface area (Å²) in [6.45, 7) is 13.1. The second-order valence-electron chi connectivity index (χ2n) is 8.03. The summed E-state index contributed by atoms with van der Waals surface area (Å²) >= 11 is 6.32. The summed E-state index contributed by atoms with van der Waals surface area (Å²) in [6, 6.07) is 5.05. The highest BCUT2D eigenvalue weighted by atomic mass is 35.5. The van der Waals surface area contributed by atoms with Gasteiger partial charge in [-0.1, -0.05) is 18.5 Å². The minimum Gasteiger partial charge on any atom is -0.491 e. The van der Waals surface area contributed by atoms with E-state index in [1.807, 2.05) is 41.5 Å². The van der Waals surface area contributed by atoms with E-state index in [1.54, 1.807) is 25.1 Å². The molecule has 0 aliphatic heterocycles. The highest BCUT2D eigenvalue weighted by Crippen LogP contribution is 2.31. The second-order valence-corrected chi connectivity index (χ2v) is 8.43. The maximum atomic E-state index is 11.8. The number of hydrogen-bond donors (Lipinski definition) is 2. The Balaban J connectivity index is 2.74. The van der Waals surface area contributed by atoms with Crippen LogP contribution in [0.2, 0.25) is 5.02 Å². The molecule has 0 spiro atoms. The Bertz CT molecular complexity index is 668. The van der Waals surface area contributed by atoms with E-state index < -0.39 is 17.2 Å². The lowest BCUT2D eigenvalue weighted by Gasteiger charge is -2.28. The van der Waals surface area contributed by atoms with Gasteiger partial charge in [-0.15, -0.1) is 0 Å². The number of hydrogen-bond acceptors (Lipinski definition) is 4. The predicted octanol–water partition coefficient (Wildman–Crippen LogP) is 4.39. The highest BCUT2D eigenvalue weighted by Gasteiger charge is 2.25. The van der Waals surface area contributed by atoms with Crippen LogP contribution in [0.25, 0.3) is 0 Å². The fraction of sp³-hybridized carbons (Fsp3) is 0.600. The molecule has 1 aromatic rings. The molecule has 0 radical (unpaired) electrons. The van der Waals surface area contributed by atoms with E-state index in [0.717, 1.165) is 5.56 Å². The Kier molecular flexibility index (Phi) is 7.96. The van der Waals surface area contributed by atoms with Crippen molar-refractivity contribution in [3.63, 3.8) is 0 Å². The van der Waals surface area contributed by atoms with Crippen molar-refractivity contribution in [3.05, 3.63) is 28.8 Å². The summed E-state index contributed by atoms with van der Waals surface area (Å²) in [5.74, 6) is 0.545. The highest BCUT2D eigenvalue weighted by molar-refractivity contribution is 6.31. The maximum Gasteiger partial charge on any atom is 0.407 e. The number of alkyl carbamates (subject to hydrolysis) is 1. The molecule has 1 aromatic carbocycles. The van der Waals surface area contributed by atoms with Crippen LogP contribution in [0.1, 0.15) is 60.5 Å². The van der Waals surface area contributed by atoms with E-state index in [0.29, 0.717) is 17.2 Å². The number of ether oxygens (including phenoxy) is 2. The summed E-state index contributed by atoms with van der Waals surface area (Å²) in [5.41, 5.74) is -0.426. The monoisotopic (exact) mass is 398 g/mol. The molecule has 1 atom stereocenters. The topological polar surface area (TPSA) is 76.7 Å². The largest absolute Gasteiger partial charge is 0.491 e. The van der Waals surface area contributed by atoms with Crippen molar-refractivity contribution in [3.8, 4) is 5.75 Å². The zero-order valence-corrected chi connectivity index (χ0v) is 18.0. The Morgan fingerprint density at radius 1 is 1.19 bits per heavy atom. The van der Waals surface area contributed by atoms with Gasteiger partial charge in [0.05, 0.1) is 11.6 Å². The van der Waals surface area contributed by atoms with Gasteiger partial charge in [0, 0.05) is 11.4 Å². The van der Waals surface area contributed by atoms with Gasteiger partial charge in [0.2, 0.25) is 5.91 Å². The lowest BCUT2D eigenvalue weighted by atomic mass is 9.93. The first kappa shape index (κ1) is 23.1. The second kappa shape index (κ2) is 9.31. The van der Waals surface area contributed by atoms with Gasteiger partial charge in [-0.3, -0.25) is 4.79 Å².